The molecular weight excluding hydrogens is 380 g/mol. The smallest absolute Gasteiger partial charge is 0.323 e. The zero-order chi connectivity index (χ0) is 20.9. The summed E-state index contributed by atoms with van der Waals surface area (Å²) in [6.07, 6.45) is 1.87. The van der Waals surface area contributed by atoms with Gasteiger partial charge in [-0.3, -0.25) is 0 Å². The first-order valence-corrected chi connectivity index (χ1v) is 10.6. The lowest BCUT2D eigenvalue weighted by molar-refractivity contribution is 0.637. The van der Waals surface area contributed by atoms with Crippen molar-refractivity contribution >= 4 is 50.7 Å². The summed E-state index contributed by atoms with van der Waals surface area (Å²) in [6, 6.07) is 33.5. The summed E-state index contributed by atoms with van der Waals surface area (Å²) in [5, 5.41) is 2.42. The molecule has 0 spiro atoms. The Kier molecular flexibility index (Phi) is 3.89. The Morgan fingerprint density at radius 1 is 0.742 bits per heavy atom. The Labute approximate surface area is 180 Å². The minimum atomic E-state index is 0.310. The molecule has 4 heteroatoms. The van der Waals surface area contributed by atoms with Gasteiger partial charge in [0.1, 0.15) is 5.65 Å². The summed E-state index contributed by atoms with van der Waals surface area (Å²) in [7, 11) is 0. The van der Waals surface area contributed by atoms with Crippen LogP contribution in [0.5, 0.6) is 0 Å². The first-order chi connectivity index (χ1) is 15.2. The van der Waals surface area contributed by atoms with Crippen molar-refractivity contribution in [1.82, 2.24) is 18.7 Å². The molecule has 0 saturated carbocycles. The van der Waals surface area contributed by atoms with Crippen LogP contribution in [0, 0.1) is 0 Å². The summed E-state index contributed by atoms with van der Waals surface area (Å²) < 4.78 is 6.60. The maximum atomic E-state index is 4.68. The lowest BCUT2D eigenvalue weighted by Gasteiger charge is -2.10. The van der Waals surface area contributed by atoms with Gasteiger partial charge in [-0.15, -0.1) is 0 Å². The Balaban J connectivity index is 1.64. The fraction of sp³-hybridized carbons (Fsp3) is 0.111. The van der Waals surface area contributed by atoms with Crippen LogP contribution in [0.4, 0.5) is 22.7 Å². The third kappa shape index (κ3) is 2.66. The molecule has 0 unspecified atom stereocenters. The highest BCUT2D eigenvalue weighted by molar-refractivity contribution is 6.07. The fourth-order valence-electron chi connectivity index (χ4n) is 4.54. The molecule has 148 valence electrons. The summed E-state index contributed by atoms with van der Waals surface area (Å²) in [5.41, 5.74) is 6.65. The molecule has 3 aromatic carbocycles. The van der Waals surface area contributed by atoms with Gasteiger partial charge in [-0.25, -0.2) is 4.98 Å². The molecule has 5 aromatic rings. The van der Waals surface area contributed by atoms with E-state index in [1.54, 1.807) is 0 Å². The number of para-hydroxylation sites is 3. The van der Waals surface area contributed by atoms with Crippen molar-refractivity contribution in [3.8, 4) is 0 Å². The Morgan fingerprint density at radius 3 is 2.19 bits per heavy atom. The average Bonchev–Trinajstić information content (AvgIpc) is 3.35. The van der Waals surface area contributed by atoms with Crippen LogP contribution in [0.15, 0.2) is 91.1 Å². The van der Waals surface area contributed by atoms with E-state index in [1.807, 2.05) is 18.3 Å². The summed E-state index contributed by atoms with van der Waals surface area (Å²) in [6.45, 7) is 4.42. The van der Waals surface area contributed by atoms with E-state index in [-0.39, 0.29) is 0 Å². The molecule has 0 radical (unpaired) electrons. The molecule has 3 heterocycles. The van der Waals surface area contributed by atoms with Crippen LogP contribution >= 0.6 is 0 Å². The first-order valence-electron chi connectivity index (χ1n) is 10.6. The van der Waals surface area contributed by atoms with Crippen LogP contribution in [0.25, 0.3) is 21.9 Å². The van der Waals surface area contributed by atoms with Gasteiger partial charge in [0.05, 0.1) is 5.52 Å². The van der Waals surface area contributed by atoms with Crippen molar-refractivity contribution < 1.29 is 0 Å². The van der Waals surface area contributed by atoms with E-state index in [1.165, 1.54) is 16.3 Å². The molecule has 0 bridgehead atoms. The van der Waals surface area contributed by atoms with Gasteiger partial charge in [0, 0.05) is 59.4 Å². The van der Waals surface area contributed by atoms with Gasteiger partial charge in [-0.05, 0) is 41.2 Å². The van der Waals surface area contributed by atoms with Gasteiger partial charge in [0.2, 0.25) is 11.4 Å². The van der Waals surface area contributed by atoms with Crippen molar-refractivity contribution in [3.63, 3.8) is 0 Å². The van der Waals surface area contributed by atoms with E-state index in [0.29, 0.717) is 6.04 Å². The highest BCUT2D eigenvalue weighted by Gasteiger charge is 2.36. The predicted molar refractivity (Wildman–Crippen MR) is 128 cm³/mol. The van der Waals surface area contributed by atoms with Gasteiger partial charge in [0.15, 0.2) is 0 Å². The maximum Gasteiger partial charge on any atom is 0.503 e. The number of nitrogens with zero attached hydrogens (tertiary/aromatic N) is 4. The third-order valence-corrected chi connectivity index (χ3v) is 5.90. The standard InChI is InChI=1S/C27H22N4/c1-19(2)31-26-17-21(14-15-22(26)23-11-8-16-28-27(23)31)30-18-29(20-9-4-3-5-10-20)24-12-6-7-13-25(24)30/h3-17,19H,1-2H3/q+2. The lowest BCUT2D eigenvalue weighted by Crippen LogP contribution is -2.03. The van der Waals surface area contributed by atoms with Crippen molar-refractivity contribution in [1.29, 1.82) is 0 Å². The molecule has 0 fully saturated rings. The van der Waals surface area contributed by atoms with Crippen LogP contribution in [0.3, 0.4) is 0 Å². The number of fused-ring (bicyclic) bond motifs is 4. The molecule has 0 aliphatic carbocycles. The number of benzene rings is 3. The topological polar surface area (TPSA) is 23.8 Å². The summed E-state index contributed by atoms with van der Waals surface area (Å²) >= 11 is 0. The molecule has 31 heavy (non-hydrogen) atoms. The SMILES string of the molecule is CC(C)n1c2cc([N+]3=C=[N+](c4ccccc4)c4ccccc43)ccc2c2cccnc21. The second-order valence-electron chi connectivity index (χ2n) is 8.13. The minimum Gasteiger partial charge on any atom is -0.323 e. The molecule has 0 amide bonds. The van der Waals surface area contributed by atoms with E-state index in [4.69, 9.17) is 0 Å². The van der Waals surface area contributed by atoms with Crippen LogP contribution in [0.1, 0.15) is 19.9 Å². The van der Waals surface area contributed by atoms with E-state index >= 15 is 0 Å². The molecule has 1 aliphatic rings. The zero-order valence-electron chi connectivity index (χ0n) is 17.5. The molecule has 1 aliphatic heterocycles. The van der Waals surface area contributed by atoms with Crippen LogP contribution in [-0.4, -0.2) is 15.6 Å². The van der Waals surface area contributed by atoms with Crippen LogP contribution < -0.4 is 9.15 Å². The van der Waals surface area contributed by atoms with Gasteiger partial charge < -0.3 is 4.57 Å². The molecule has 2 aromatic heterocycles. The zero-order valence-corrected chi connectivity index (χ0v) is 17.5. The van der Waals surface area contributed by atoms with Gasteiger partial charge in [-0.2, -0.15) is 0 Å². The summed E-state index contributed by atoms with van der Waals surface area (Å²) in [5.74, 6) is 0. The number of hydrogen-bond acceptors (Lipinski definition) is 1. The number of pyridine rings is 1. The molecule has 6 rings (SSSR count). The Morgan fingerprint density at radius 2 is 1.45 bits per heavy atom. The van der Waals surface area contributed by atoms with Gasteiger partial charge in [0.25, 0.3) is 11.4 Å². The second kappa shape index (κ2) is 6.76. The molecule has 0 saturated heterocycles. The lowest BCUT2D eigenvalue weighted by atomic mass is 10.1. The van der Waals surface area contributed by atoms with E-state index in [9.17, 15) is 0 Å². The van der Waals surface area contributed by atoms with E-state index < -0.39 is 0 Å². The van der Waals surface area contributed by atoms with Crippen molar-refractivity contribution in [2.24, 2.45) is 0 Å². The van der Waals surface area contributed by atoms with Gasteiger partial charge >= 0.3 is 6.01 Å². The largest absolute Gasteiger partial charge is 0.503 e. The fourth-order valence-corrected chi connectivity index (χ4v) is 4.54. The van der Waals surface area contributed by atoms with E-state index in [0.717, 1.165) is 28.4 Å². The number of rotatable bonds is 3. The van der Waals surface area contributed by atoms with Crippen molar-refractivity contribution in [2.45, 2.75) is 19.9 Å². The van der Waals surface area contributed by atoms with Crippen LogP contribution in [-0.2, 0) is 0 Å². The average molecular weight is 403 g/mol. The van der Waals surface area contributed by atoms with Crippen LogP contribution in [0.2, 0.25) is 0 Å². The summed E-state index contributed by atoms with van der Waals surface area (Å²) in [4.78, 5) is 4.68. The second-order valence-corrected chi connectivity index (χ2v) is 8.13. The van der Waals surface area contributed by atoms with Gasteiger partial charge in [-0.1, -0.05) is 30.3 Å². The highest BCUT2D eigenvalue weighted by Crippen LogP contribution is 2.38. The number of aromatic nitrogens is 2. The van der Waals surface area contributed by atoms with Crippen molar-refractivity contribution in [2.75, 3.05) is 0 Å². The predicted octanol–water partition coefficient (Wildman–Crippen LogP) is 6.63. The third-order valence-electron chi connectivity index (χ3n) is 5.90. The molecule has 0 N–H and O–H groups in total. The molecular formula is C27H22N4+2. The Hall–Kier alpha value is -4.01. The highest BCUT2D eigenvalue weighted by atomic mass is 15.2. The molecule has 4 nitrogen and oxygen atoms in total. The maximum absolute atomic E-state index is 4.68. The molecule has 0 atom stereocenters. The normalized spacial score (nSPS) is 13.0. The number of hydrogen-bond donors (Lipinski definition) is 0. The monoisotopic (exact) mass is 402 g/mol. The minimum absolute atomic E-state index is 0.310. The van der Waals surface area contributed by atoms with Crippen molar-refractivity contribution in [3.05, 3.63) is 91.1 Å². The Bertz CT molecular complexity index is 1530. The van der Waals surface area contributed by atoms with E-state index in [2.05, 4.69) is 111 Å². The first kappa shape index (κ1) is 17.8. The quantitative estimate of drug-likeness (QED) is 0.305.